The number of hydrogen-bond acceptors (Lipinski definition) is 3. The van der Waals surface area contributed by atoms with E-state index in [0.29, 0.717) is 23.1 Å². The topological polar surface area (TPSA) is 43.4 Å². The highest BCUT2D eigenvalue weighted by Crippen LogP contribution is 2.22. The summed E-state index contributed by atoms with van der Waals surface area (Å²) in [5.41, 5.74) is 2.96. The third-order valence-corrected chi connectivity index (χ3v) is 4.38. The van der Waals surface area contributed by atoms with Crippen LogP contribution in [0.5, 0.6) is 0 Å². The standard InChI is InChI=1S/C22H20O3/c1-15-3-5-16(6-4-15)21(23)17-7-9-18(10-8-17)22(24)19-11-13-20(25-2)14-12-19/h3-11,13-14,19H,12H2,1-2H3. The van der Waals surface area contributed by atoms with Gasteiger partial charge in [0.05, 0.1) is 7.11 Å². The number of benzene rings is 2. The molecule has 3 nitrogen and oxygen atoms in total. The quantitative estimate of drug-likeness (QED) is 0.756. The monoisotopic (exact) mass is 332 g/mol. The van der Waals surface area contributed by atoms with Crippen molar-refractivity contribution < 1.29 is 14.3 Å². The first-order chi connectivity index (χ1) is 12.1. The van der Waals surface area contributed by atoms with Gasteiger partial charge in [-0.2, -0.15) is 0 Å². The van der Waals surface area contributed by atoms with Gasteiger partial charge in [0.15, 0.2) is 11.6 Å². The molecule has 0 saturated heterocycles. The summed E-state index contributed by atoms with van der Waals surface area (Å²) in [6.07, 6.45) is 6.23. The van der Waals surface area contributed by atoms with Crippen molar-refractivity contribution in [1.82, 2.24) is 0 Å². The van der Waals surface area contributed by atoms with Crippen LogP contribution in [0, 0.1) is 12.8 Å². The van der Waals surface area contributed by atoms with Crippen LogP contribution in [-0.4, -0.2) is 18.7 Å². The molecule has 2 aromatic carbocycles. The number of Topliss-reactive ketones (excluding diaryl/α,β-unsaturated/α-hetero) is 1. The third-order valence-electron chi connectivity index (χ3n) is 4.38. The highest BCUT2D eigenvalue weighted by Gasteiger charge is 2.19. The zero-order valence-corrected chi connectivity index (χ0v) is 14.4. The van der Waals surface area contributed by atoms with Gasteiger partial charge in [0, 0.05) is 22.6 Å². The van der Waals surface area contributed by atoms with E-state index in [2.05, 4.69) is 0 Å². The highest BCUT2D eigenvalue weighted by atomic mass is 16.5. The first-order valence-electron chi connectivity index (χ1n) is 8.26. The maximum atomic E-state index is 12.6. The van der Waals surface area contributed by atoms with Crippen molar-refractivity contribution in [2.75, 3.05) is 7.11 Å². The number of aryl methyl sites for hydroxylation is 1. The van der Waals surface area contributed by atoms with E-state index in [-0.39, 0.29) is 17.5 Å². The normalized spacial score (nSPS) is 16.2. The lowest BCUT2D eigenvalue weighted by Crippen LogP contribution is -2.14. The number of hydrogen-bond donors (Lipinski definition) is 0. The van der Waals surface area contributed by atoms with Crippen LogP contribution in [0.3, 0.4) is 0 Å². The largest absolute Gasteiger partial charge is 0.497 e. The maximum Gasteiger partial charge on any atom is 0.193 e. The molecule has 0 aliphatic heterocycles. The van der Waals surface area contributed by atoms with E-state index in [9.17, 15) is 9.59 Å². The van der Waals surface area contributed by atoms with Gasteiger partial charge in [0.2, 0.25) is 0 Å². The Bertz CT molecular complexity index is 840. The van der Waals surface area contributed by atoms with Crippen LogP contribution in [0.25, 0.3) is 0 Å². The van der Waals surface area contributed by atoms with Crippen LogP contribution in [0.15, 0.2) is 72.5 Å². The molecule has 2 aromatic rings. The van der Waals surface area contributed by atoms with E-state index in [4.69, 9.17) is 4.74 Å². The van der Waals surface area contributed by atoms with Gasteiger partial charge < -0.3 is 4.74 Å². The zero-order chi connectivity index (χ0) is 17.8. The van der Waals surface area contributed by atoms with Crippen molar-refractivity contribution in [3.8, 4) is 0 Å². The molecule has 0 heterocycles. The SMILES string of the molecule is COC1=CCC(C(=O)c2ccc(C(=O)c3ccc(C)cc3)cc2)C=C1. The second-order valence-electron chi connectivity index (χ2n) is 6.15. The molecule has 1 aliphatic rings. The molecule has 1 atom stereocenters. The average Bonchev–Trinajstić information content (AvgIpc) is 2.67. The molecule has 25 heavy (non-hydrogen) atoms. The number of ether oxygens (including phenoxy) is 1. The van der Waals surface area contributed by atoms with Crippen LogP contribution < -0.4 is 0 Å². The molecule has 3 rings (SSSR count). The smallest absolute Gasteiger partial charge is 0.193 e. The summed E-state index contributed by atoms with van der Waals surface area (Å²) in [6, 6.07) is 14.4. The zero-order valence-electron chi connectivity index (χ0n) is 14.4. The van der Waals surface area contributed by atoms with Crippen LogP contribution in [0.4, 0.5) is 0 Å². The van der Waals surface area contributed by atoms with E-state index < -0.39 is 0 Å². The first kappa shape index (κ1) is 16.9. The lowest BCUT2D eigenvalue weighted by atomic mass is 9.90. The second-order valence-corrected chi connectivity index (χ2v) is 6.15. The van der Waals surface area contributed by atoms with Gasteiger partial charge in [0.1, 0.15) is 5.76 Å². The molecule has 0 aromatic heterocycles. The predicted octanol–water partition coefficient (Wildman–Crippen LogP) is 4.52. The Kier molecular flexibility index (Phi) is 4.94. The van der Waals surface area contributed by atoms with Gasteiger partial charge in [-0.25, -0.2) is 0 Å². The number of methoxy groups -OCH3 is 1. The third kappa shape index (κ3) is 3.77. The molecule has 0 radical (unpaired) electrons. The minimum Gasteiger partial charge on any atom is -0.497 e. The van der Waals surface area contributed by atoms with Crippen LogP contribution >= 0.6 is 0 Å². The Morgan fingerprint density at radius 1 is 0.920 bits per heavy atom. The maximum absolute atomic E-state index is 12.6. The Labute approximate surface area is 147 Å². The Morgan fingerprint density at radius 2 is 1.48 bits per heavy atom. The number of carbonyl (C=O) groups is 2. The Morgan fingerprint density at radius 3 is 2.00 bits per heavy atom. The summed E-state index contributed by atoms with van der Waals surface area (Å²) in [6.45, 7) is 1.99. The predicted molar refractivity (Wildman–Crippen MR) is 97.7 cm³/mol. The van der Waals surface area contributed by atoms with Crippen molar-refractivity contribution in [3.63, 3.8) is 0 Å². The van der Waals surface area contributed by atoms with Gasteiger partial charge >= 0.3 is 0 Å². The molecule has 0 spiro atoms. The molecular formula is C22H20O3. The van der Waals surface area contributed by atoms with E-state index in [1.165, 1.54) is 0 Å². The second kappa shape index (κ2) is 7.31. The number of carbonyl (C=O) groups excluding carboxylic acids is 2. The summed E-state index contributed by atoms with van der Waals surface area (Å²) in [5.74, 6) is 0.613. The van der Waals surface area contributed by atoms with E-state index in [0.717, 1.165) is 11.3 Å². The molecule has 0 fully saturated rings. The van der Waals surface area contributed by atoms with Crippen molar-refractivity contribution in [2.24, 2.45) is 5.92 Å². The molecule has 0 amide bonds. The van der Waals surface area contributed by atoms with E-state index in [1.807, 2.05) is 49.4 Å². The van der Waals surface area contributed by atoms with Crippen molar-refractivity contribution in [1.29, 1.82) is 0 Å². The van der Waals surface area contributed by atoms with E-state index >= 15 is 0 Å². The van der Waals surface area contributed by atoms with Gasteiger partial charge in [-0.15, -0.1) is 0 Å². The van der Waals surface area contributed by atoms with Gasteiger partial charge in [-0.05, 0) is 25.5 Å². The van der Waals surface area contributed by atoms with Gasteiger partial charge in [0.25, 0.3) is 0 Å². The average molecular weight is 332 g/mol. The van der Waals surface area contributed by atoms with Crippen molar-refractivity contribution in [3.05, 3.63) is 94.8 Å². The first-order valence-corrected chi connectivity index (χ1v) is 8.26. The van der Waals surface area contributed by atoms with Crippen LogP contribution in [0.1, 0.15) is 38.3 Å². The number of rotatable bonds is 5. The minimum atomic E-state index is -0.183. The fraction of sp³-hybridized carbons (Fsp3) is 0.182. The fourth-order valence-corrected chi connectivity index (χ4v) is 2.82. The molecule has 1 aliphatic carbocycles. The van der Waals surface area contributed by atoms with Crippen molar-refractivity contribution in [2.45, 2.75) is 13.3 Å². The fourth-order valence-electron chi connectivity index (χ4n) is 2.82. The van der Waals surface area contributed by atoms with Crippen LogP contribution in [-0.2, 0) is 4.74 Å². The van der Waals surface area contributed by atoms with Crippen LogP contribution in [0.2, 0.25) is 0 Å². The summed E-state index contributed by atoms with van der Waals surface area (Å²) in [7, 11) is 1.61. The Balaban J connectivity index is 1.73. The highest BCUT2D eigenvalue weighted by molar-refractivity contribution is 6.09. The molecule has 1 unspecified atom stereocenters. The molecule has 0 saturated carbocycles. The number of ketones is 2. The number of allylic oxidation sites excluding steroid dienone is 3. The lowest BCUT2D eigenvalue weighted by molar-refractivity contribution is 0.0943. The lowest BCUT2D eigenvalue weighted by Gasteiger charge is -2.14. The molecule has 126 valence electrons. The van der Waals surface area contributed by atoms with E-state index in [1.54, 1.807) is 31.4 Å². The molecule has 0 bridgehead atoms. The molecular weight excluding hydrogens is 312 g/mol. The van der Waals surface area contributed by atoms with Crippen molar-refractivity contribution >= 4 is 11.6 Å². The summed E-state index contributed by atoms with van der Waals surface area (Å²) < 4.78 is 5.14. The summed E-state index contributed by atoms with van der Waals surface area (Å²) in [4.78, 5) is 25.1. The molecule has 0 N–H and O–H groups in total. The van der Waals surface area contributed by atoms with Gasteiger partial charge in [-0.3, -0.25) is 9.59 Å². The Hall–Kier alpha value is -2.94. The minimum absolute atomic E-state index is 0.0377. The van der Waals surface area contributed by atoms with Gasteiger partial charge in [-0.1, -0.05) is 60.2 Å². The molecule has 3 heteroatoms. The summed E-state index contributed by atoms with van der Waals surface area (Å²) >= 11 is 0. The summed E-state index contributed by atoms with van der Waals surface area (Å²) in [5, 5.41) is 0.